The molecule has 0 bridgehead atoms. The Kier molecular flexibility index (Phi) is 5.92. The standard InChI is InChI=1S/C23H32N4O4/c1-23(2,3)19(20(28)24-16-8-9-16)25-21(29)27-18-7-5-4-6-17(18)26(22(27)30)14-15-10-12-31-13-11-15/h4-7,15-16,19H,8-14H2,1-3H3,(H,24,28)(H,25,29)/t19-/m1/s1. The number of nitrogens with zero attached hydrogens (tertiary/aromatic N) is 2. The van der Waals surface area contributed by atoms with Crippen LogP contribution < -0.4 is 16.3 Å². The molecule has 2 fully saturated rings. The van der Waals surface area contributed by atoms with Crippen molar-refractivity contribution in [1.82, 2.24) is 19.8 Å². The van der Waals surface area contributed by atoms with E-state index in [9.17, 15) is 14.4 Å². The second kappa shape index (κ2) is 8.49. The summed E-state index contributed by atoms with van der Waals surface area (Å²) in [7, 11) is 0. The van der Waals surface area contributed by atoms with E-state index in [1.165, 1.54) is 0 Å². The first-order valence-electron chi connectivity index (χ1n) is 11.1. The van der Waals surface area contributed by atoms with Crippen LogP contribution in [0.4, 0.5) is 4.79 Å². The molecule has 8 heteroatoms. The summed E-state index contributed by atoms with van der Waals surface area (Å²) in [5.41, 5.74) is 0.398. The number of carbonyl (C=O) groups is 2. The van der Waals surface area contributed by atoms with Crippen LogP contribution >= 0.6 is 0 Å². The molecule has 8 nitrogen and oxygen atoms in total. The van der Waals surface area contributed by atoms with Crippen molar-refractivity contribution in [3.05, 3.63) is 34.7 Å². The van der Waals surface area contributed by atoms with E-state index in [-0.39, 0.29) is 17.6 Å². The van der Waals surface area contributed by atoms with E-state index < -0.39 is 17.5 Å². The van der Waals surface area contributed by atoms with Gasteiger partial charge in [-0.15, -0.1) is 0 Å². The zero-order valence-electron chi connectivity index (χ0n) is 18.5. The Balaban J connectivity index is 1.64. The van der Waals surface area contributed by atoms with Gasteiger partial charge in [-0.05, 0) is 49.1 Å². The number of imidazole rings is 1. The third-order valence-corrected chi connectivity index (χ3v) is 6.14. The lowest BCUT2D eigenvalue weighted by molar-refractivity contribution is -0.125. The van der Waals surface area contributed by atoms with Gasteiger partial charge < -0.3 is 15.4 Å². The van der Waals surface area contributed by atoms with E-state index in [0.717, 1.165) is 35.8 Å². The average Bonchev–Trinajstić information content (AvgIpc) is 3.50. The van der Waals surface area contributed by atoms with Crippen LogP contribution in [0.25, 0.3) is 11.0 Å². The molecule has 2 aliphatic rings. The minimum Gasteiger partial charge on any atom is -0.381 e. The Labute approximate surface area is 181 Å². The average molecular weight is 429 g/mol. The van der Waals surface area contributed by atoms with E-state index in [0.29, 0.717) is 31.2 Å². The fourth-order valence-corrected chi connectivity index (χ4v) is 4.14. The van der Waals surface area contributed by atoms with Gasteiger partial charge in [-0.1, -0.05) is 32.9 Å². The maximum absolute atomic E-state index is 13.3. The van der Waals surface area contributed by atoms with E-state index in [1.54, 1.807) is 10.6 Å². The van der Waals surface area contributed by atoms with Crippen molar-refractivity contribution in [2.75, 3.05) is 13.2 Å². The Morgan fingerprint density at radius 2 is 1.74 bits per heavy atom. The monoisotopic (exact) mass is 428 g/mol. The maximum atomic E-state index is 13.3. The summed E-state index contributed by atoms with van der Waals surface area (Å²) in [5, 5.41) is 5.81. The molecule has 1 saturated carbocycles. The molecule has 168 valence electrons. The fourth-order valence-electron chi connectivity index (χ4n) is 4.14. The van der Waals surface area contributed by atoms with Gasteiger partial charge in [0, 0.05) is 25.8 Å². The highest BCUT2D eigenvalue weighted by Crippen LogP contribution is 2.24. The topological polar surface area (TPSA) is 94.4 Å². The third-order valence-electron chi connectivity index (χ3n) is 6.14. The van der Waals surface area contributed by atoms with Crippen LogP contribution in [-0.4, -0.2) is 46.4 Å². The molecule has 4 rings (SSSR count). The van der Waals surface area contributed by atoms with Gasteiger partial charge in [0.15, 0.2) is 0 Å². The third kappa shape index (κ3) is 4.69. The van der Waals surface area contributed by atoms with Gasteiger partial charge in [0.05, 0.1) is 11.0 Å². The summed E-state index contributed by atoms with van der Waals surface area (Å²) in [5.74, 6) is 0.128. The predicted molar refractivity (Wildman–Crippen MR) is 118 cm³/mol. The van der Waals surface area contributed by atoms with Gasteiger partial charge in [-0.2, -0.15) is 0 Å². The molecule has 1 aromatic carbocycles. The summed E-state index contributed by atoms with van der Waals surface area (Å²) in [6, 6.07) is 6.19. The number of hydrogen-bond donors (Lipinski definition) is 2. The number of hydrogen-bond acceptors (Lipinski definition) is 4. The number of para-hydroxylation sites is 2. The number of fused-ring (bicyclic) bond motifs is 1. The summed E-state index contributed by atoms with van der Waals surface area (Å²) >= 11 is 0. The minimum absolute atomic E-state index is 0.193. The zero-order valence-corrected chi connectivity index (χ0v) is 18.5. The normalized spacial score (nSPS) is 18.7. The lowest BCUT2D eigenvalue weighted by Gasteiger charge is -2.30. The Morgan fingerprint density at radius 3 is 2.35 bits per heavy atom. The Morgan fingerprint density at radius 1 is 1.10 bits per heavy atom. The van der Waals surface area contributed by atoms with Gasteiger partial charge >= 0.3 is 11.7 Å². The number of nitrogens with one attached hydrogen (secondary N) is 2. The second-order valence-corrected chi connectivity index (χ2v) is 9.80. The highest BCUT2D eigenvalue weighted by molar-refractivity contribution is 5.93. The molecule has 1 aromatic heterocycles. The number of amides is 2. The smallest absolute Gasteiger partial charge is 0.337 e. The summed E-state index contributed by atoms with van der Waals surface area (Å²) in [6.45, 7) is 7.66. The molecule has 0 radical (unpaired) electrons. The molecular formula is C23H32N4O4. The highest BCUT2D eigenvalue weighted by atomic mass is 16.5. The number of carbonyl (C=O) groups excluding carboxylic acids is 2. The minimum atomic E-state index is -0.745. The first-order chi connectivity index (χ1) is 14.8. The van der Waals surface area contributed by atoms with Crippen molar-refractivity contribution in [1.29, 1.82) is 0 Å². The molecule has 2 aromatic rings. The van der Waals surface area contributed by atoms with Crippen molar-refractivity contribution in [3.63, 3.8) is 0 Å². The summed E-state index contributed by atoms with van der Waals surface area (Å²) < 4.78 is 8.28. The predicted octanol–water partition coefficient (Wildman–Crippen LogP) is 2.48. The highest BCUT2D eigenvalue weighted by Gasteiger charge is 2.36. The molecular weight excluding hydrogens is 396 g/mol. The number of benzene rings is 1. The van der Waals surface area contributed by atoms with Crippen molar-refractivity contribution in [2.24, 2.45) is 11.3 Å². The molecule has 1 aliphatic carbocycles. The molecule has 1 aliphatic heterocycles. The van der Waals surface area contributed by atoms with Crippen molar-refractivity contribution >= 4 is 23.0 Å². The molecule has 2 amide bonds. The first-order valence-corrected chi connectivity index (χ1v) is 11.1. The summed E-state index contributed by atoms with van der Waals surface area (Å²) in [4.78, 5) is 39.4. The largest absolute Gasteiger partial charge is 0.381 e. The van der Waals surface area contributed by atoms with Crippen LogP contribution in [0.5, 0.6) is 0 Å². The van der Waals surface area contributed by atoms with Crippen LogP contribution in [0, 0.1) is 11.3 Å². The Bertz CT molecular complexity index is 1020. The first kappa shape index (κ1) is 21.6. The van der Waals surface area contributed by atoms with Crippen molar-refractivity contribution in [3.8, 4) is 0 Å². The maximum Gasteiger partial charge on any atom is 0.337 e. The van der Waals surface area contributed by atoms with Crippen LogP contribution in [0.3, 0.4) is 0 Å². The van der Waals surface area contributed by atoms with E-state index in [4.69, 9.17) is 4.74 Å². The number of rotatable bonds is 5. The fraction of sp³-hybridized carbons (Fsp3) is 0.609. The van der Waals surface area contributed by atoms with E-state index in [1.807, 2.05) is 39.0 Å². The molecule has 1 atom stereocenters. The molecule has 2 N–H and O–H groups in total. The molecule has 0 spiro atoms. The number of aromatic nitrogens is 2. The van der Waals surface area contributed by atoms with Gasteiger partial charge in [-0.3, -0.25) is 9.36 Å². The SMILES string of the molecule is CC(C)(C)[C@H](NC(=O)n1c(=O)n(CC2CCOCC2)c2ccccc21)C(=O)NC1CC1. The summed E-state index contributed by atoms with van der Waals surface area (Å²) in [6.07, 6.45) is 3.72. The Hall–Kier alpha value is -2.61. The molecule has 0 unspecified atom stereocenters. The van der Waals surface area contributed by atoms with Crippen molar-refractivity contribution < 1.29 is 14.3 Å². The quantitative estimate of drug-likeness (QED) is 0.765. The molecule has 1 saturated heterocycles. The van der Waals surface area contributed by atoms with E-state index >= 15 is 0 Å². The zero-order chi connectivity index (χ0) is 22.2. The van der Waals surface area contributed by atoms with Gasteiger partial charge in [0.2, 0.25) is 5.91 Å². The second-order valence-electron chi connectivity index (χ2n) is 9.80. The lowest BCUT2D eigenvalue weighted by atomic mass is 9.86. The van der Waals surface area contributed by atoms with Crippen LogP contribution in [0.1, 0.15) is 46.5 Å². The van der Waals surface area contributed by atoms with Crippen LogP contribution in [0.2, 0.25) is 0 Å². The van der Waals surface area contributed by atoms with Crippen LogP contribution in [-0.2, 0) is 16.1 Å². The van der Waals surface area contributed by atoms with E-state index in [2.05, 4.69) is 10.6 Å². The van der Waals surface area contributed by atoms with Gasteiger partial charge in [0.25, 0.3) is 0 Å². The van der Waals surface area contributed by atoms with Gasteiger partial charge in [0.1, 0.15) is 6.04 Å². The lowest BCUT2D eigenvalue weighted by Crippen LogP contribution is -2.55. The van der Waals surface area contributed by atoms with Gasteiger partial charge in [-0.25, -0.2) is 14.2 Å². The number of ether oxygens (including phenoxy) is 1. The van der Waals surface area contributed by atoms with Crippen molar-refractivity contribution in [2.45, 2.75) is 65.1 Å². The van der Waals surface area contributed by atoms with Crippen LogP contribution in [0.15, 0.2) is 29.1 Å². The molecule has 31 heavy (non-hydrogen) atoms. The molecule has 2 heterocycles.